The lowest BCUT2D eigenvalue weighted by atomic mass is 10.2. The van der Waals surface area contributed by atoms with Gasteiger partial charge in [0, 0.05) is 0 Å². The number of benzene rings is 1. The topological polar surface area (TPSA) is 30.7 Å². The van der Waals surface area contributed by atoms with Gasteiger partial charge in [0.2, 0.25) is 0 Å². The van der Waals surface area contributed by atoms with E-state index in [2.05, 4.69) is 10.1 Å². The molecular formula is C9H5ClF3N3. The Balaban J connectivity index is 2.46. The van der Waals surface area contributed by atoms with Crippen LogP contribution in [-0.4, -0.2) is 14.8 Å². The molecule has 0 fully saturated rings. The maximum Gasteiger partial charge on any atom is 0.416 e. The van der Waals surface area contributed by atoms with E-state index in [1.54, 1.807) is 0 Å². The van der Waals surface area contributed by atoms with Crippen molar-refractivity contribution in [3.8, 4) is 5.69 Å². The van der Waals surface area contributed by atoms with Gasteiger partial charge in [-0.3, -0.25) is 0 Å². The molecule has 7 heteroatoms. The summed E-state index contributed by atoms with van der Waals surface area (Å²) in [5.74, 6) is 0. The van der Waals surface area contributed by atoms with Gasteiger partial charge >= 0.3 is 6.18 Å². The van der Waals surface area contributed by atoms with E-state index in [0.29, 0.717) is 5.69 Å². The molecule has 0 aliphatic carbocycles. The van der Waals surface area contributed by atoms with E-state index in [0.717, 1.165) is 12.1 Å². The first-order valence-corrected chi connectivity index (χ1v) is 4.58. The van der Waals surface area contributed by atoms with Crippen molar-refractivity contribution in [3.05, 3.63) is 41.4 Å². The Morgan fingerprint density at radius 3 is 2.50 bits per heavy atom. The van der Waals surface area contributed by atoms with Crippen molar-refractivity contribution in [2.45, 2.75) is 6.18 Å². The average molecular weight is 248 g/mol. The Morgan fingerprint density at radius 2 is 2.00 bits per heavy atom. The zero-order valence-electron chi connectivity index (χ0n) is 7.74. The molecule has 0 unspecified atom stereocenters. The van der Waals surface area contributed by atoms with Crippen LogP contribution < -0.4 is 0 Å². The molecule has 0 saturated heterocycles. The molecule has 0 aliphatic heterocycles. The minimum Gasteiger partial charge on any atom is -0.223 e. The molecule has 1 aromatic carbocycles. The molecule has 1 heterocycles. The second kappa shape index (κ2) is 3.79. The predicted molar refractivity (Wildman–Crippen MR) is 51.4 cm³/mol. The monoisotopic (exact) mass is 247 g/mol. The van der Waals surface area contributed by atoms with Crippen LogP contribution in [0.15, 0.2) is 30.9 Å². The van der Waals surface area contributed by atoms with Crippen LogP contribution in [0.2, 0.25) is 5.02 Å². The van der Waals surface area contributed by atoms with Crippen LogP contribution in [0.4, 0.5) is 13.2 Å². The summed E-state index contributed by atoms with van der Waals surface area (Å²) in [6, 6.07) is 3.06. The molecule has 0 N–H and O–H groups in total. The Kier molecular flexibility index (Phi) is 2.59. The van der Waals surface area contributed by atoms with Gasteiger partial charge in [-0.15, -0.1) is 0 Å². The summed E-state index contributed by atoms with van der Waals surface area (Å²) in [6.07, 6.45) is -1.77. The highest BCUT2D eigenvalue weighted by Gasteiger charge is 2.30. The van der Waals surface area contributed by atoms with Crippen molar-refractivity contribution in [3.63, 3.8) is 0 Å². The first-order valence-electron chi connectivity index (χ1n) is 4.20. The number of hydrogen-bond donors (Lipinski definition) is 0. The Labute approximate surface area is 93.5 Å². The SMILES string of the molecule is FC(F)(F)c1ccc(-n2cncn2)c(Cl)c1. The van der Waals surface area contributed by atoms with Gasteiger partial charge in [0.25, 0.3) is 0 Å². The van der Waals surface area contributed by atoms with Gasteiger partial charge in [-0.1, -0.05) is 11.6 Å². The minimum atomic E-state index is -4.40. The second-order valence-electron chi connectivity index (χ2n) is 3.00. The molecule has 0 spiro atoms. The Hall–Kier alpha value is -1.56. The van der Waals surface area contributed by atoms with Gasteiger partial charge in [0.05, 0.1) is 16.3 Å². The lowest BCUT2D eigenvalue weighted by Crippen LogP contribution is -2.05. The van der Waals surface area contributed by atoms with Crippen molar-refractivity contribution < 1.29 is 13.2 Å². The summed E-state index contributed by atoms with van der Waals surface area (Å²) in [5, 5.41) is 3.75. The van der Waals surface area contributed by atoms with Crippen molar-refractivity contribution in [2.24, 2.45) is 0 Å². The highest BCUT2D eigenvalue weighted by Crippen LogP contribution is 2.32. The molecule has 0 aliphatic rings. The summed E-state index contributed by atoms with van der Waals surface area (Å²) in [5.41, 5.74) is -0.437. The van der Waals surface area contributed by atoms with E-state index in [1.807, 2.05) is 0 Å². The van der Waals surface area contributed by atoms with Gasteiger partial charge in [-0.2, -0.15) is 18.3 Å². The van der Waals surface area contributed by atoms with Crippen LogP contribution in [0.3, 0.4) is 0 Å². The van der Waals surface area contributed by atoms with Crippen molar-refractivity contribution in [1.29, 1.82) is 0 Å². The molecule has 3 nitrogen and oxygen atoms in total. The van der Waals surface area contributed by atoms with E-state index in [9.17, 15) is 13.2 Å². The molecule has 0 radical (unpaired) electrons. The summed E-state index contributed by atoms with van der Waals surface area (Å²) in [7, 11) is 0. The zero-order chi connectivity index (χ0) is 11.8. The average Bonchev–Trinajstić information content (AvgIpc) is 2.69. The van der Waals surface area contributed by atoms with Crippen LogP contribution in [-0.2, 0) is 6.18 Å². The fourth-order valence-corrected chi connectivity index (χ4v) is 1.47. The number of hydrogen-bond acceptors (Lipinski definition) is 2. The molecule has 0 atom stereocenters. The zero-order valence-corrected chi connectivity index (χ0v) is 8.50. The number of rotatable bonds is 1. The van der Waals surface area contributed by atoms with Crippen LogP contribution in [0, 0.1) is 0 Å². The maximum absolute atomic E-state index is 12.3. The van der Waals surface area contributed by atoms with Crippen LogP contribution in [0.1, 0.15) is 5.56 Å². The molecule has 16 heavy (non-hydrogen) atoms. The first-order chi connectivity index (χ1) is 7.48. The third-order valence-electron chi connectivity index (χ3n) is 1.94. The Bertz CT molecular complexity index is 493. The molecule has 84 valence electrons. The Morgan fingerprint density at radius 1 is 1.25 bits per heavy atom. The lowest BCUT2D eigenvalue weighted by molar-refractivity contribution is -0.137. The molecule has 0 saturated carbocycles. The first kappa shape index (κ1) is 10.9. The maximum atomic E-state index is 12.3. The molecule has 0 amide bonds. The number of nitrogens with zero attached hydrogens (tertiary/aromatic N) is 3. The van der Waals surface area contributed by atoms with Gasteiger partial charge in [0.1, 0.15) is 12.7 Å². The molecule has 2 rings (SSSR count). The van der Waals surface area contributed by atoms with E-state index < -0.39 is 11.7 Å². The van der Waals surface area contributed by atoms with Gasteiger partial charge in [-0.05, 0) is 18.2 Å². The van der Waals surface area contributed by atoms with Crippen molar-refractivity contribution >= 4 is 11.6 Å². The summed E-state index contributed by atoms with van der Waals surface area (Å²) >= 11 is 5.74. The fourth-order valence-electron chi connectivity index (χ4n) is 1.20. The third-order valence-corrected chi connectivity index (χ3v) is 2.24. The smallest absolute Gasteiger partial charge is 0.223 e. The molecule has 1 aromatic heterocycles. The number of alkyl halides is 3. The van der Waals surface area contributed by atoms with E-state index in [1.165, 1.54) is 23.4 Å². The quantitative estimate of drug-likeness (QED) is 0.776. The normalized spacial score (nSPS) is 11.8. The van der Waals surface area contributed by atoms with Gasteiger partial charge in [0.15, 0.2) is 0 Å². The molecular weight excluding hydrogens is 243 g/mol. The van der Waals surface area contributed by atoms with Crippen LogP contribution in [0.5, 0.6) is 0 Å². The highest BCUT2D eigenvalue weighted by atomic mass is 35.5. The van der Waals surface area contributed by atoms with Gasteiger partial charge in [-0.25, -0.2) is 9.67 Å². The van der Waals surface area contributed by atoms with E-state index in [-0.39, 0.29) is 5.02 Å². The summed E-state index contributed by atoms with van der Waals surface area (Å²) < 4.78 is 38.3. The molecule has 0 bridgehead atoms. The fraction of sp³-hybridized carbons (Fsp3) is 0.111. The van der Waals surface area contributed by atoms with E-state index >= 15 is 0 Å². The summed E-state index contributed by atoms with van der Waals surface area (Å²) in [4.78, 5) is 3.68. The van der Waals surface area contributed by atoms with Crippen LogP contribution in [0.25, 0.3) is 5.69 Å². The van der Waals surface area contributed by atoms with Crippen molar-refractivity contribution in [1.82, 2.24) is 14.8 Å². The number of aromatic nitrogens is 3. The lowest BCUT2D eigenvalue weighted by Gasteiger charge is -2.09. The van der Waals surface area contributed by atoms with Crippen molar-refractivity contribution in [2.75, 3.05) is 0 Å². The van der Waals surface area contributed by atoms with E-state index in [4.69, 9.17) is 11.6 Å². The molecule has 2 aromatic rings. The number of halogens is 4. The largest absolute Gasteiger partial charge is 0.416 e. The van der Waals surface area contributed by atoms with Gasteiger partial charge < -0.3 is 0 Å². The third kappa shape index (κ3) is 2.01. The van der Waals surface area contributed by atoms with Crippen LogP contribution >= 0.6 is 11.6 Å². The highest BCUT2D eigenvalue weighted by molar-refractivity contribution is 6.32. The standard InChI is InChI=1S/C9H5ClF3N3/c10-7-3-6(9(11,12)13)1-2-8(7)16-5-14-4-15-16/h1-5H. The second-order valence-corrected chi connectivity index (χ2v) is 3.41. The summed E-state index contributed by atoms with van der Waals surface area (Å²) in [6.45, 7) is 0. The minimum absolute atomic E-state index is 0.0275. The predicted octanol–water partition coefficient (Wildman–Crippen LogP) is 2.94.